The van der Waals surface area contributed by atoms with Gasteiger partial charge in [0.05, 0.1) is 6.54 Å². The number of cyclic esters (lactones) is 1. The van der Waals surface area contributed by atoms with Crippen LogP contribution in [0.2, 0.25) is 0 Å². The zero-order valence-electron chi connectivity index (χ0n) is 16.2. The third kappa shape index (κ3) is 4.62. The number of piperazine rings is 1. The van der Waals surface area contributed by atoms with Crippen molar-refractivity contribution in [3.05, 3.63) is 54.7 Å². The maximum absolute atomic E-state index is 12.1. The molecule has 0 radical (unpaired) electrons. The summed E-state index contributed by atoms with van der Waals surface area (Å²) < 4.78 is 5.54. The van der Waals surface area contributed by atoms with E-state index in [-0.39, 0.29) is 12.2 Å². The van der Waals surface area contributed by atoms with E-state index in [1.54, 1.807) is 4.90 Å². The monoisotopic (exact) mass is 380 g/mol. The molecule has 6 heteroatoms. The highest BCUT2D eigenvalue weighted by Gasteiger charge is 2.31. The minimum Gasteiger partial charge on any atom is -0.444 e. The van der Waals surface area contributed by atoms with Gasteiger partial charge in [0.15, 0.2) is 0 Å². The Morgan fingerprint density at radius 1 is 0.964 bits per heavy atom. The van der Waals surface area contributed by atoms with E-state index in [1.165, 1.54) is 0 Å². The molecule has 1 unspecified atom stereocenters. The number of aromatic nitrogens is 1. The fourth-order valence-electron chi connectivity index (χ4n) is 3.94. The predicted octanol–water partition coefficient (Wildman–Crippen LogP) is 3.40. The standard InChI is InChI=1S/C22H28N4O2/c27-22-26(19-8-2-1-3-9-19)18-20(28-22)10-5-7-13-24-14-16-25(17-15-24)21-11-4-6-12-23-21/h1-4,6,8-9,11-12,20H,5,7,10,13-18H2. The Balaban J connectivity index is 1.14. The van der Waals surface area contributed by atoms with E-state index < -0.39 is 0 Å². The van der Waals surface area contributed by atoms with Gasteiger partial charge in [0.1, 0.15) is 11.9 Å². The average molecular weight is 380 g/mol. The minimum absolute atomic E-state index is 0.00806. The molecule has 0 aliphatic carbocycles. The van der Waals surface area contributed by atoms with Crippen LogP contribution in [-0.4, -0.2) is 61.3 Å². The van der Waals surface area contributed by atoms with Gasteiger partial charge in [-0.25, -0.2) is 9.78 Å². The number of benzene rings is 1. The summed E-state index contributed by atoms with van der Waals surface area (Å²) >= 11 is 0. The Morgan fingerprint density at radius 3 is 2.50 bits per heavy atom. The summed E-state index contributed by atoms with van der Waals surface area (Å²) in [6.07, 6.45) is 4.80. The zero-order chi connectivity index (χ0) is 19.2. The number of amides is 1. The molecule has 0 spiro atoms. The van der Waals surface area contributed by atoms with Gasteiger partial charge in [0, 0.05) is 38.1 Å². The van der Waals surface area contributed by atoms with E-state index >= 15 is 0 Å². The molecule has 6 nitrogen and oxygen atoms in total. The minimum atomic E-state index is -0.221. The molecular formula is C22H28N4O2. The highest BCUT2D eigenvalue weighted by Crippen LogP contribution is 2.23. The molecule has 1 atom stereocenters. The number of rotatable bonds is 7. The van der Waals surface area contributed by atoms with Crippen LogP contribution in [0.5, 0.6) is 0 Å². The van der Waals surface area contributed by atoms with Crippen molar-refractivity contribution in [3.63, 3.8) is 0 Å². The van der Waals surface area contributed by atoms with E-state index in [0.717, 1.165) is 63.5 Å². The van der Waals surface area contributed by atoms with Gasteiger partial charge in [-0.3, -0.25) is 9.80 Å². The number of nitrogens with zero attached hydrogens (tertiary/aromatic N) is 4. The summed E-state index contributed by atoms with van der Waals surface area (Å²) in [6.45, 7) is 5.99. The Bertz CT molecular complexity index is 748. The molecule has 2 aliphatic heterocycles. The lowest BCUT2D eigenvalue weighted by Crippen LogP contribution is -2.46. The Hall–Kier alpha value is -2.60. The fourth-order valence-corrected chi connectivity index (χ4v) is 3.94. The predicted molar refractivity (Wildman–Crippen MR) is 111 cm³/mol. The normalized spacial score (nSPS) is 20.4. The van der Waals surface area contributed by atoms with E-state index in [1.807, 2.05) is 48.7 Å². The number of carbonyl (C=O) groups excluding carboxylic acids is 1. The maximum atomic E-state index is 12.1. The van der Waals surface area contributed by atoms with Crippen LogP contribution in [-0.2, 0) is 4.74 Å². The first-order valence-electron chi connectivity index (χ1n) is 10.2. The number of pyridine rings is 1. The van der Waals surface area contributed by atoms with Crippen molar-refractivity contribution in [1.29, 1.82) is 0 Å². The van der Waals surface area contributed by atoms with Gasteiger partial charge in [-0.15, -0.1) is 0 Å². The molecule has 1 amide bonds. The molecule has 0 saturated carbocycles. The fraction of sp³-hybridized carbons (Fsp3) is 0.455. The van der Waals surface area contributed by atoms with Crippen molar-refractivity contribution in [2.75, 3.05) is 49.1 Å². The van der Waals surface area contributed by atoms with Gasteiger partial charge >= 0.3 is 6.09 Å². The molecule has 2 saturated heterocycles. The van der Waals surface area contributed by atoms with Crippen LogP contribution in [0.25, 0.3) is 0 Å². The van der Waals surface area contributed by atoms with Crippen molar-refractivity contribution < 1.29 is 9.53 Å². The molecular weight excluding hydrogens is 352 g/mol. The molecule has 2 aromatic rings. The number of anilines is 2. The molecule has 3 heterocycles. The van der Waals surface area contributed by atoms with Crippen LogP contribution in [0.1, 0.15) is 19.3 Å². The van der Waals surface area contributed by atoms with Gasteiger partial charge in [-0.1, -0.05) is 24.3 Å². The van der Waals surface area contributed by atoms with Gasteiger partial charge in [0.2, 0.25) is 0 Å². The lowest BCUT2D eigenvalue weighted by molar-refractivity contribution is 0.134. The number of unbranched alkanes of at least 4 members (excludes halogenated alkanes) is 1. The van der Waals surface area contributed by atoms with Crippen LogP contribution in [0.3, 0.4) is 0 Å². The van der Waals surface area contributed by atoms with Crippen LogP contribution < -0.4 is 9.80 Å². The topological polar surface area (TPSA) is 48.9 Å². The van der Waals surface area contributed by atoms with Gasteiger partial charge in [-0.05, 0) is 50.1 Å². The molecule has 0 N–H and O–H groups in total. The molecule has 4 rings (SSSR count). The number of carbonyl (C=O) groups is 1. The van der Waals surface area contributed by atoms with Crippen LogP contribution in [0.15, 0.2) is 54.7 Å². The van der Waals surface area contributed by atoms with Crippen LogP contribution in [0.4, 0.5) is 16.3 Å². The summed E-state index contributed by atoms with van der Waals surface area (Å²) in [4.78, 5) is 23.2. The van der Waals surface area contributed by atoms with Gasteiger partial charge in [0.25, 0.3) is 0 Å². The average Bonchev–Trinajstić information content (AvgIpc) is 3.13. The Labute approximate surface area is 166 Å². The summed E-state index contributed by atoms with van der Waals surface area (Å²) in [5.41, 5.74) is 0.917. The maximum Gasteiger partial charge on any atom is 0.414 e. The molecule has 0 bridgehead atoms. The van der Waals surface area contributed by atoms with E-state index in [9.17, 15) is 4.79 Å². The zero-order valence-corrected chi connectivity index (χ0v) is 16.2. The van der Waals surface area contributed by atoms with E-state index in [4.69, 9.17) is 4.74 Å². The number of hydrogen-bond acceptors (Lipinski definition) is 5. The Kier molecular flexibility index (Phi) is 6.07. The molecule has 1 aromatic carbocycles. The van der Waals surface area contributed by atoms with E-state index in [2.05, 4.69) is 20.9 Å². The molecule has 1 aromatic heterocycles. The second-order valence-corrected chi connectivity index (χ2v) is 7.46. The first-order valence-corrected chi connectivity index (χ1v) is 10.2. The summed E-state index contributed by atoms with van der Waals surface area (Å²) in [5, 5.41) is 0. The smallest absolute Gasteiger partial charge is 0.414 e. The molecule has 2 aliphatic rings. The highest BCUT2D eigenvalue weighted by atomic mass is 16.6. The lowest BCUT2D eigenvalue weighted by atomic mass is 10.1. The second-order valence-electron chi connectivity index (χ2n) is 7.46. The van der Waals surface area contributed by atoms with Crippen molar-refractivity contribution >= 4 is 17.6 Å². The number of ether oxygens (including phenoxy) is 1. The van der Waals surface area contributed by atoms with Crippen LogP contribution >= 0.6 is 0 Å². The van der Waals surface area contributed by atoms with Crippen molar-refractivity contribution in [2.24, 2.45) is 0 Å². The third-order valence-corrected chi connectivity index (χ3v) is 5.54. The lowest BCUT2D eigenvalue weighted by Gasteiger charge is -2.35. The van der Waals surface area contributed by atoms with Gasteiger partial charge < -0.3 is 9.64 Å². The number of para-hydroxylation sites is 1. The molecule has 148 valence electrons. The summed E-state index contributed by atoms with van der Waals surface area (Å²) in [7, 11) is 0. The molecule has 2 fully saturated rings. The van der Waals surface area contributed by atoms with Crippen LogP contribution in [0, 0.1) is 0 Å². The van der Waals surface area contributed by atoms with Crippen molar-refractivity contribution in [2.45, 2.75) is 25.4 Å². The molecule has 28 heavy (non-hydrogen) atoms. The van der Waals surface area contributed by atoms with Crippen molar-refractivity contribution in [3.8, 4) is 0 Å². The largest absolute Gasteiger partial charge is 0.444 e. The summed E-state index contributed by atoms with van der Waals surface area (Å²) in [6, 6.07) is 15.8. The first-order chi connectivity index (χ1) is 13.8. The number of hydrogen-bond donors (Lipinski definition) is 0. The van der Waals surface area contributed by atoms with E-state index in [0.29, 0.717) is 6.54 Å². The first kappa shape index (κ1) is 18.7. The summed E-state index contributed by atoms with van der Waals surface area (Å²) in [5.74, 6) is 1.08. The van der Waals surface area contributed by atoms with Crippen molar-refractivity contribution in [1.82, 2.24) is 9.88 Å². The second kappa shape index (κ2) is 9.06. The SMILES string of the molecule is O=C1OC(CCCCN2CCN(c3ccccn3)CC2)CN1c1ccccc1. The highest BCUT2D eigenvalue weighted by molar-refractivity contribution is 5.89. The van der Waals surface area contributed by atoms with Gasteiger partial charge in [-0.2, -0.15) is 0 Å². The quantitative estimate of drug-likeness (QED) is 0.689. The Morgan fingerprint density at radius 2 is 1.75 bits per heavy atom. The third-order valence-electron chi connectivity index (χ3n) is 5.54.